The second-order valence-corrected chi connectivity index (χ2v) is 9.66. The fraction of sp³-hybridized carbons (Fsp3) is 0.0741. The lowest BCUT2D eigenvalue weighted by Gasteiger charge is -2.08. The van der Waals surface area contributed by atoms with E-state index >= 15 is 0 Å². The van der Waals surface area contributed by atoms with Crippen molar-refractivity contribution in [2.45, 2.75) is 13.8 Å². The van der Waals surface area contributed by atoms with Crippen molar-refractivity contribution in [3.8, 4) is 11.3 Å². The van der Waals surface area contributed by atoms with Crippen LogP contribution in [0.2, 0.25) is 10.0 Å². The smallest absolute Gasteiger partial charge is 0.262 e. The van der Waals surface area contributed by atoms with Crippen molar-refractivity contribution in [1.29, 1.82) is 0 Å². The fourth-order valence-electron chi connectivity index (χ4n) is 3.61. The number of fused-ring (bicyclic) bond motifs is 1. The summed E-state index contributed by atoms with van der Waals surface area (Å²) >= 11 is 13.9. The number of hydrogen-bond acceptors (Lipinski definition) is 5. The third-order valence-electron chi connectivity index (χ3n) is 5.60. The molecule has 5 nitrogen and oxygen atoms in total. The second-order valence-electron chi connectivity index (χ2n) is 7.96. The van der Waals surface area contributed by atoms with Crippen molar-refractivity contribution in [2.24, 2.45) is 4.99 Å². The minimum Gasteiger partial charge on any atom is -0.436 e. The van der Waals surface area contributed by atoms with Crippen LogP contribution in [0, 0.1) is 13.8 Å². The lowest BCUT2D eigenvalue weighted by Crippen LogP contribution is -2.21. The van der Waals surface area contributed by atoms with E-state index in [0.717, 1.165) is 22.4 Å². The molecule has 0 aliphatic carbocycles. The molecule has 5 rings (SSSR count). The van der Waals surface area contributed by atoms with Gasteiger partial charge in [0.05, 0.1) is 16.4 Å². The maximum Gasteiger partial charge on any atom is 0.262 e. The number of anilines is 1. The Balaban J connectivity index is 1.61. The van der Waals surface area contributed by atoms with Gasteiger partial charge in [0.2, 0.25) is 5.55 Å². The van der Waals surface area contributed by atoms with Crippen LogP contribution in [-0.4, -0.2) is 10.9 Å². The molecule has 0 unspecified atom stereocenters. The zero-order chi connectivity index (χ0) is 24.5. The van der Waals surface area contributed by atoms with Gasteiger partial charge < -0.3 is 4.42 Å². The molecule has 3 aromatic carbocycles. The van der Waals surface area contributed by atoms with Crippen LogP contribution in [0.15, 0.2) is 81.5 Å². The van der Waals surface area contributed by atoms with E-state index in [9.17, 15) is 4.79 Å². The lowest BCUT2D eigenvalue weighted by molar-refractivity contribution is 0.102. The SMILES string of the molecule is Cc1cccc(N=c2oc3c(Cl)cc(Cl)cc3cc2C(=O)Nc2nc(-c3ccccc3)cs2)c1C. The van der Waals surface area contributed by atoms with Crippen LogP contribution in [0.5, 0.6) is 0 Å². The van der Waals surface area contributed by atoms with E-state index in [-0.39, 0.29) is 11.1 Å². The van der Waals surface area contributed by atoms with Gasteiger partial charge in [-0.2, -0.15) is 0 Å². The maximum absolute atomic E-state index is 13.4. The van der Waals surface area contributed by atoms with Crippen molar-refractivity contribution < 1.29 is 9.21 Å². The molecule has 1 N–H and O–H groups in total. The minimum atomic E-state index is -0.398. The number of aromatic nitrogens is 1. The van der Waals surface area contributed by atoms with Gasteiger partial charge in [0.25, 0.3) is 5.91 Å². The van der Waals surface area contributed by atoms with Crippen LogP contribution in [0.4, 0.5) is 10.8 Å². The Hall–Kier alpha value is -3.45. The molecule has 0 bridgehead atoms. The highest BCUT2D eigenvalue weighted by Gasteiger charge is 2.17. The molecule has 0 saturated carbocycles. The van der Waals surface area contributed by atoms with Gasteiger partial charge in [0.1, 0.15) is 5.56 Å². The summed E-state index contributed by atoms with van der Waals surface area (Å²) in [5, 5.41) is 6.62. The molecule has 0 aliphatic rings. The van der Waals surface area contributed by atoms with Crippen molar-refractivity contribution in [2.75, 3.05) is 5.32 Å². The molecule has 0 saturated heterocycles. The largest absolute Gasteiger partial charge is 0.436 e. The number of nitrogens with one attached hydrogen (secondary N) is 1. The number of rotatable bonds is 4. The van der Waals surface area contributed by atoms with Crippen LogP contribution in [0.3, 0.4) is 0 Å². The van der Waals surface area contributed by atoms with E-state index in [2.05, 4.69) is 10.3 Å². The van der Waals surface area contributed by atoms with Gasteiger partial charge in [0, 0.05) is 21.4 Å². The number of nitrogens with zero attached hydrogens (tertiary/aromatic N) is 2. The highest BCUT2D eigenvalue weighted by molar-refractivity contribution is 7.14. The molecular weight excluding hydrogens is 501 g/mol. The van der Waals surface area contributed by atoms with E-state index in [1.54, 1.807) is 18.2 Å². The Labute approximate surface area is 215 Å². The van der Waals surface area contributed by atoms with Gasteiger partial charge in [-0.3, -0.25) is 10.1 Å². The van der Waals surface area contributed by atoms with Crippen LogP contribution in [0.25, 0.3) is 22.2 Å². The zero-order valence-corrected chi connectivity index (χ0v) is 21.1. The summed E-state index contributed by atoms with van der Waals surface area (Å²) < 4.78 is 6.08. The van der Waals surface area contributed by atoms with Gasteiger partial charge in [-0.15, -0.1) is 11.3 Å². The van der Waals surface area contributed by atoms with Crippen molar-refractivity contribution in [1.82, 2.24) is 4.98 Å². The molecule has 0 spiro atoms. The molecule has 8 heteroatoms. The van der Waals surface area contributed by atoms with Gasteiger partial charge in [0.15, 0.2) is 10.7 Å². The van der Waals surface area contributed by atoms with Gasteiger partial charge in [-0.25, -0.2) is 9.98 Å². The molecule has 0 fully saturated rings. The van der Waals surface area contributed by atoms with E-state index < -0.39 is 5.91 Å². The molecule has 174 valence electrons. The molecule has 2 aromatic heterocycles. The summed E-state index contributed by atoms with van der Waals surface area (Å²) in [6.07, 6.45) is 0. The molecule has 5 aromatic rings. The number of carbonyl (C=O) groups excluding carboxylic acids is 1. The van der Waals surface area contributed by atoms with Crippen LogP contribution in [0.1, 0.15) is 21.5 Å². The van der Waals surface area contributed by atoms with E-state index in [4.69, 9.17) is 32.6 Å². The third kappa shape index (κ3) is 4.86. The number of amides is 1. The van der Waals surface area contributed by atoms with Gasteiger partial charge >= 0.3 is 0 Å². The van der Waals surface area contributed by atoms with E-state index in [1.165, 1.54) is 11.3 Å². The molecule has 0 aliphatic heterocycles. The van der Waals surface area contributed by atoms with Crippen molar-refractivity contribution in [3.05, 3.63) is 104 Å². The Morgan fingerprint density at radius 3 is 2.63 bits per heavy atom. The van der Waals surface area contributed by atoms with Crippen molar-refractivity contribution in [3.63, 3.8) is 0 Å². The fourth-order valence-corrected chi connectivity index (χ4v) is 4.88. The number of hydrogen-bond donors (Lipinski definition) is 1. The highest BCUT2D eigenvalue weighted by Crippen LogP contribution is 2.29. The zero-order valence-electron chi connectivity index (χ0n) is 18.8. The maximum atomic E-state index is 13.4. The lowest BCUT2D eigenvalue weighted by atomic mass is 10.1. The molecular formula is C27H19Cl2N3O2S. The first-order chi connectivity index (χ1) is 16.9. The molecule has 1 amide bonds. The van der Waals surface area contributed by atoms with Gasteiger partial charge in [-0.05, 0) is 49.2 Å². The number of thiazole rings is 1. The normalized spacial score (nSPS) is 11.7. The summed E-state index contributed by atoms with van der Waals surface area (Å²) in [4.78, 5) is 22.7. The Morgan fingerprint density at radius 2 is 1.83 bits per heavy atom. The number of aryl methyl sites for hydroxylation is 1. The average Bonchev–Trinajstić information content (AvgIpc) is 3.31. The molecule has 0 atom stereocenters. The minimum absolute atomic E-state index is 0.146. The Morgan fingerprint density at radius 1 is 1.03 bits per heavy atom. The van der Waals surface area contributed by atoms with Gasteiger partial charge in [-0.1, -0.05) is 65.7 Å². The first-order valence-electron chi connectivity index (χ1n) is 10.8. The summed E-state index contributed by atoms with van der Waals surface area (Å²) in [5.74, 6) is -0.398. The summed E-state index contributed by atoms with van der Waals surface area (Å²) in [6.45, 7) is 3.98. The van der Waals surface area contributed by atoms with E-state index in [1.807, 2.05) is 67.8 Å². The van der Waals surface area contributed by atoms with Crippen molar-refractivity contribution >= 4 is 62.2 Å². The Kier molecular flexibility index (Phi) is 6.43. The topological polar surface area (TPSA) is 67.5 Å². The third-order valence-corrected chi connectivity index (χ3v) is 6.86. The molecule has 0 radical (unpaired) electrons. The number of halogens is 2. The molecule has 2 heterocycles. The standard InChI is InChI=1S/C27H19Cl2N3O2S/c1-15-7-6-10-22(16(15)2)30-26-20(12-18-11-19(28)13-21(29)24(18)34-26)25(33)32-27-31-23(14-35-27)17-8-4-3-5-9-17/h3-14H,1-2H3,(H,31,32,33). The first kappa shape index (κ1) is 23.3. The van der Waals surface area contributed by atoms with Crippen LogP contribution < -0.4 is 10.9 Å². The predicted molar refractivity (Wildman–Crippen MR) is 143 cm³/mol. The van der Waals surface area contributed by atoms with Crippen LogP contribution >= 0.6 is 34.5 Å². The van der Waals surface area contributed by atoms with E-state index in [0.29, 0.717) is 31.8 Å². The number of carbonyl (C=O) groups is 1. The quantitative estimate of drug-likeness (QED) is 0.261. The summed E-state index contributed by atoms with van der Waals surface area (Å²) in [5.41, 5.74) is 5.32. The Bertz CT molecular complexity index is 1640. The van der Waals surface area contributed by atoms with Crippen LogP contribution in [-0.2, 0) is 0 Å². The summed E-state index contributed by atoms with van der Waals surface area (Å²) in [6, 6.07) is 20.5. The highest BCUT2D eigenvalue weighted by atomic mass is 35.5. The average molecular weight is 520 g/mol. The second kappa shape index (κ2) is 9.66. The monoisotopic (exact) mass is 519 g/mol. The first-order valence-corrected chi connectivity index (χ1v) is 12.4. The predicted octanol–water partition coefficient (Wildman–Crippen LogP) is 7.96. The summed E-state index contributed by atoms with van der Waals surface area (Å²) in [7, 11) is 0. The molecule has 35 heavy (non-hydrogen) atoms. The number of benzene rings is 3.